The van der Waals surface area contributed by atoms with Crippen molar-refractivity contribution in [2.24, 2.45) is 5.92 Å². The van der Waals surface area contributed by atoms with Crippen LogP contribution < -0.4 is 85.8 Å². The standard InChI is InChI=1S/C32H54N2Si2.4Li/c1-20-21(2)25(6)29(24(20)5)35(12,13)33-31(9,10)28-16-18-32(11,19-17-28)34-36(14,15)30-26(7)22(3)23(4)27(30)8;;;;/h28H,16-19H2,1-15H3;;;;/q-4;4*+1. The summed E-state index contributed by atoms with van der Waals surface area (Å²) in [5.74, 6) is 0.641. The van der Waals surface area contributed by atoms with Crippen molar-refractivity contribution >= 4 is 26.8 Å². The topological polar surface area (TPSA) is 28.2 Å². The van der Waals surface area contributed by atoms with E-state index in [2.05, 4.69) is 102 Å². The van der Waals surface area contributed by atoms with Gasteiger partial charge in [0.2, 0.25) is 0 Å². The van der Waals surface area contributed by atoms with Gasteiger partial charge in [0, 0.05) is 0 Å². The summed E-state index contributed by atoms with van der Waals surface area (Å²) < 4.78 is 0. The third-order valence-corrected chi connectivity index (χ3v) is 16.5. The third kappa shape index (κ3) is 8.37. The van der Waals surface area contributed by atoms with Crippen LogP contribution in [-0.2, 0) is 0 Å². The SMILES string of the molecule is Cc1c(C)c(C)[c-]([Si](C)(C)[N-]C2(C)CCC(C(C)(C)[N-][Si](C)(C)[c-]3c(C)c(C)c(C)c3C)CC2)c1C.[Li+].[Li+].[Li+].[Li+]. The van der Waals surface area contributed by atoms with Crippen molar-refractivity contribution in [2.75, 3.05) is 0 Å². The Bertz CT molecular complexity index is 1090. The molecule has 0 aliphatic heterocycles. The first-order valence-corrected chi connectivity index (χ1v) is 20.1. The molecule has 0 spiro atoms. The van der Waals surface area contributed by atoms with Crippen LogP contribution in [0.1, 0.15) is 91.0 Å². The van der Waals surface area contributed by atoms with Crippen LogP contribution >= 0.6 is 0 Å². The quantitative estimate of drug-likeness (QED) is 0.254. The molecular weight excluding hydrogens is 496 g/mol. The summed E-state index contributed by atoms with van der Waals surface area (Å²) in [5, 5.41) is 3.18. The second-order valence-corrected chi connectivity index (χ2v) is 21.7. The Hall–Kier alpha value is 1.44. The Labute approximate surface area is 299 Å². The Balaban J connectivity index is 0. The summed E-state index contributed by atoms with van der Waals surface area (Å²) in [6.45, 7) is 35.6. The van der Waals surface area contributed by atoms with Crippen LogP contribution in [0.4, 0.5) is 0 Å². The van der Waals surface area contributed by atoms with Crippen molar-refractivity contribution in [1.29, 1.82) is 0 Å². The van der Waals surface area contributed by atoms with Crippen LogP contribution in [0, 0.1) is 61.3 Å². The molecule has 0 saturated heterocycles. The van der Waals surface area contributed by atoms with Gasteiger partial charge in [-0.25, -0.2) is 0 Å². The van der Waals surface area contributed by atoms with Crippen molar-refractivity contribution in [3.05, 3.63) is 54.5 Å². The molecule has 0 bridgehead atoms. The van der Waals surface area contributed by atoms with E-state index in [0.717, 1.165) is 0 Å². The molecule has 0 unspecified atom stereocenters. The zero-order valence-electron chi connectivity index (χ0n) is 30.3. The molecule has 2 aromatic rings. The molecule has 0 heterocycles. The summed E-state index contributed by atoms with van der Waals surface area (Å²) in [7, 11) is -3.82. The van der Waals surface area contributed by atoms with Gasteiger partial charge in [-0.3, -0.25) is 0 Å². The molecule has 1 aliphatic carbocycles. The number of hydrogen-bond acceptors (Lipinski definition) is 0. The summed E-state index contributed by atoms with van der Waals surface area (Å²) in [5.41, 5.74) is 12.0. The van der Waals surface area contributed by atoms with E-state index in [0.29, 0.717) is 5.92 Å². The fourth-order valence-corrected chi connectivity index (χ4v) is 15.8. The van der Waals surface area contributed by atoms with Crippen LogP contribution in [0.2, 0.25) is 26.2 Å². The molecule has 3 rings (SSSR count). The maximum absolute atomic E-state index is 5.74. The Morgan fingerprint density at radius 3 is 1.25 bits per heavy atom. The molecule has 0 N–H and O–H groups in total. The number of nitrogens with zero attached hydrogens (tertiary/aromatic N) is 2. The minimum atomic E-state index is -1.92. The van der Waals surface area contributed by atoms with E-state index in [4.69, 9.17) is 9.96 Å². The number of hydrogen-bond donors (Lipinski definition) is 0. The maximum atomic E-state index is 5.74. The van der Waals surface area contributed by atoms with Gasteiger partial charge in [-0.2, -0.15) is 54.9 Å². The van der Waals surface area contributed by atoms with Gasteiger partial charge in [-0.05, 0) is 0 Å². The van der Waals surface area contributed by atoms with Crippen LogP contribution in [0.3, 0.4) is 0 Å². The minimum Gasteiger partial charge on any atom is -0.665 e. The van der Waals surface area contributed by atoms with Gasteiger partial charge in [-0.15, -0.1) is 11.1 Å². The van der Waals surface area contributed by atoms with Crippen molar-refractivity contribution in [3.63, 3.8) is 0 Å². The van der Waals surface area contributed by atoms with Crippen molar-refractivity contribution < 1.29 is 75.4 Å². The van der Waals surface area contributed by atoms with Gasteiger partial charge in [0.25, 0.3) is 0 Å². The average molecular weight is 551 g/mol. The molecule has 0 atom stereocenters. The molecule has 1 saturated carbocycles. The maximum Gasteiger partial charge on any atom is 1.00 e. The van der Waals surface area contributed by atoms with E-state index in [9.17, 15) is 0 Å². The average Bonchev–Trinajstić information content (AvgIpc) is 3.06. The molecule has 40 heavy (non-hydrogen) atoms. The molecule has 204 valence electrons. The minimum absolute atomic E-state index is 0. The zero-order chi connectivity index (χ0) is 27.6. The van der Waals surface area contributed by atoms with Gasteiger partial charge in [-0.1, -0.05) is 150 Å². The molecule has 0 radical (unpaired) electrons. The first-order valence-electron chi connectivity index (χ1n) is 14.2. The van der Waals surface area contributed by atoms with Gasteiger partial charge < -0.3 is 9.96 Å². The van der Waals surface area contributed by atoms with Gasteiger partial charge in [0.05, 0.1) is 0 Å². The monoisotopic (exact) mass is 550 g/mol. The molecule has 1 fully saturated rings. The normalized spacial score (nSPS) is 19.7. The molecule has 2 aromatic carbocycles. The molecule has 8 heteroatoms. The summed E-state index contributed by atoms with van der Waals surface area (Å²) in [6.07, 6.45) is 4.86. The number of rotatable bonds is 7. The second kappa shape index (κ2) is 15.2. The fourth-order valence-electron chi connectivity index (χ4n) is 7.93. The fraction of sp³-hybridized carbons (Fsp3) is 0.688. The Kier molecular flexibility index (Phi) is 16.5. The Morgan fingerprint density at radius 1 is 0.625 bits per heavy atom. The van der Waals surface area contributed by atoms with Crippen LogP contribution in [0.15, 0.2) is 0 Å². The summed E-state index contributed by atoms with van der Waals surface area (Å²) >= 11 is 0. The van der Waals surface area contributed by atoms with E-state index >= 15 is 0 Å². The van der Waals surface area contributed by atoms with E-state index < -0.39 is 16.5 Å². The summed E-state index contributed by atoms with van der Waals surface area (Å²) in [6, 6.07) is 0. The molecule has 1 aliphatic rings. The predicted octanol–water partition coefficient (Wildman–Crippen LogP) is -3.39. The third-order valence-electron chi connectivity index (χ3n) is 10.3. The largest absolute Gasteiger partial charge is 1.00 e. The van der Waals surface area contributed by atoms with Crippen molar-refractivity contribution in [2.45, 2.75) is 139 Å². The van der Waals surface area contributed by atoms with E-state index in [1.165, 1.54) is 70.2 Å². The molecule has 0 amide bonds. The van der Waals surface area contributed by atoms with E-state index in [-0.39, 0.29) is 86.5 Å². The smallest absolute Gasteiger partial charge is 0.665 e. The van der Waals surface area contributed by atoms with Crippen molar-refractivity contribution in [3.8, 4) is 0 Å². The van der Waals surface area contributed by atoms with Gasteiger partial charge >= 0.3 is 75.4 Å². The first-order chi connectivity index (χ1) is 16.3. The first kappa shape index (κ1) is 43.6. The van der Waals surface area contributed by atoms with Crippen LogP contribution in [0.5, 0.6) is 0 Å². The van der Waals surface area contributed by atoms with Crippen molar-refractivity contribution in [1.82, 2.24) is 0 Å². The molecular formula is C32H54Li4N2Si2. The second-order valence-electron chi connectivity index (χ2n) is 14.0. The zero-order valence-corrected chi connectivity index (χ0v) is 32.3. The summed E-state index contributed by atoms with van der Waals surface area (Å²) in [4.78, 5) is 11.5. The molecule has 0 aromatic heterocycles. The van der Waals surface area contributed by atoms with Gasteiger partial charge in [0.1, 0.15) is 0 Å². The van der Waals surface area contributed by atoms with Crippen LogP contribution in [-0.4, -0.2) is 27.5 Å². The Morgan fingerprint density at radius 2 is 0.925 bits per heavy atom. The van der Waals surface area contributed by atoms with Gasteiger partial charge in [0.15, 0.2) is 0 Å². The molecule has 2 nitrogen and oxygen atoms in total. The van der Waals surface area contributed by atoms with E-state index in [1.807, 2.05) is 0 Å². The predicted molar refractivity (Wildman–Crippen MR) is 167 cm³/mol. The van der Waals surface area contributed by atoms with Crippen LogP contribution in [0.25, 0.3) is 9.96 Å². The van der Waals surface area contributed by atoms with E-state index in [1.54, 1.807) is 10.4 Å².